The van der Waals surface area contributed by atoms with Gasteiger partial charge < -0.3 is 4.42 Å². The predicted molar refractivity (Wildman–Crippen MR) is 113 cm³/mol. The standard InChI is InChI=1S/C24H23N3O4/c1-15-8-10-16(11-9-15)19-13-20(21-7-4-12-31-21)27(25-19)22(28)14-26-23(29)17-5-2-3-6-18(17)24(26)30/h2-4,7-12,17-18,20H,5-6,13-14H2,1H3. The van der Waals surface area contributed by atoms with Crippen LogP contribution in [0, 0.1) is 18.8 Å². The normalized spacial score (nSPS) is 25.2. The molecule has 1 fully saturated rings. The fourth-order valence-corrected chi connectivity index (χ4v) is 4.60. The van der Waals surface area contributed by atoms with Gasteiger partial charge in [-0.3, -0.25) is 19.3 Å². The third-order valence-electron chi connectivity index (χ3n) is 6.31. The number of aryl methyl sites for hydroxylation is 1. The number of allylic oxidation sites excluding steroid dienone is 2. The highest BCUT2D eigenvalue weighted by molar-refractivity contribution is 6.08. The molecule has 3 atom stereocenters. The van der Waals surface area contributed by atoms with E-state index < -0.39 is 11.9 Å². The smallest absolute Gasteiger partial charge is 0.263 e. The van der Waals surface area contributed by atoms with Crippen molar-refractivity contribution in [2.75, 3.05) is 6.54 Å². The van der Waals surface area contributed by atoms with E-state index in [9.17, 15) is 14.4 Å². The molecule has 2 aliphatic heterocycles. The lowest BCUT2D eigenvalue weighted by atomic mass is 9.85. The minimum absolute atomic E-state index is 0.260. The first-order valence-electron chi connectivity index (χ1n) is 10.5. The lowest BCUT2D eigenvalue weighted by Gasteiger charge is -2.22. The number of carbonyl (C=O) groups excluding carboxylic acids is 3. The summed E-state index contributed by atoms with van der Waals surface area (Å²) in [6.07, 6.45) is 7.03. The van der Waals surface area contributed by atoms with E-state index in [1.807, 2.05) is 49.4 Å². The molecule has 3 amide bonds. The van der Waals surface area contributed by atoms with Crippen molar-refractivity contribution in [3.63, 3.8) is 0 Å². The number of benzene rings is 1. The number of amides is 3. The minimum Gasteiger partial charge on any atom is -0.467 e. The average molecular weight is 417 g/mol. The number of furan rings is 1. The Balaban J connectivity index is 1.40. The largest absolute Gasteiger partial charge is 0.467 e. The van der Waals surface area contributed by atoms with Gasteiger partial charge in [0, 0.05) is 6.42 Å². The van der Waals surface area contributed by atoms with Crippen molar-refractivity contribution in [2.45, 2.75) is 32.2 Å². The molecule has 7 nitrogen and oxygen atoms in total. The molecular formula is C24H23N3O4. The van der Waals surface area contributed by atoms with Crippen LogP contribution in [0.5, 0.6) is 0 Å². The first-order chi connectivity index (χ1) is 15.0. The Morgan fingerprint density at radius 2 is 1.74 bits per heavy atom. The van der Waals surface area contributed by atoms with Crippen molar-refractivity contribution in [1.82, 2.24) is 9.91 Å². The summed E-state index contributed by atoms with van der Waals surface area (Å²) in [5.74, 6) is -0.992. The van der Waals surface area contributed by atoms with Crippen LogP contribution in [0.1, 0.15) is 42.2 Å². The van der Waals surface area contributed by atoms with E-state index in [0.717, 1.165) is 21.7 Å². The molecule has 0 bridgehead atoms. The van der Waals surface area contributed by atoms with E-state index in [1.165, 1.54) is 5.01 Å². The molecule has 7 heteroatoms. The third kappa shape index (κ3) is 3.40. The van der Waals surface area contributed by atoms with Gasteiger partial charge in [-0.05, 0) is 37.5 Å². The first-order valence-corrected chi connectivity index (χ1v) is 10.5. The van der Waals surface area contributed by atoms with Gasteiger partial charge in [0.25, 0.3) is 5.91 Å². The summed E-state index contributed by atoms with van der Waals surface area (Å²) in [5.41, 5.74) is 2.84. The Labute approximate surface area is 180 Å². The summed E-state index contributed by atoms with van der Waals surface area (Å²) in [5, 5.41) is 5.96. The number of hydrogen-bond donors (Lipinski definition) is 0. The maximum atomic E-state index is 13.3. The van der Waals surface area contributed by atoms with E-state index in [2.05, 4.69) is 5.10 Å². The molecule has 1 aliphatic carbocycles. The summed E-state index contributed by atoms with van der Waals surface area (Å²) in [6, 6.07) is 11.1. The number of carbonyl (C=O) groups is 3. The monoisotopic (exact) mass is 417 g/mol. The highest BCUT2D eigenvalue weighted by Crippen LogP contribution is 2.36. The van der Waals surface area contributed by atoms with Crippen molar-refractivity contribution in [1.29, 1.82) is 0 Å². The van der Waals surface area contributed by atoms with E-state index in [4.69, 9.17) is 4.42 Å². The number of fused-ring (bicyclic) bond motifs is 1. The number of imide groups is 1. The summed E-state index contributed by atoms with van der Waals surface area (Å²) in [6.45, 7) is 1.71. The zero-order chi connectivity index (χ0) is 21.5. The van der Waals surface area contributed by atoms with Crippen molar-refractivity contribution >= 4 is 23.4 Å². The van der Waals surface area contributed by atoms with Gasteiger partial charge in [-0.1, -0.05) is 42.0 Å². The first kappa shape index (κ1) is 19.5. The Hall–Kier alpha value is -3.48. The second kappa shape index (κ2) is 7.65. The third-order valence-corrected chi connectivity index (χ3v) is 6.31. The molecule has 5 rings (SSSR count). The molecule has 1 aromatic heterocycles. The van der Waals surface area contributed by atoms with Crippen molar-refractivity contribution in [3.8, 4) is 0 Å². The van der Waals surface area contributed by atoms with Gasteiger partial charge in [0.05, 0.1) is 23.8 Å². The topological polar surface area (TPSA) is 83.2 Å². The molecule has 3 aliphatic rings. The lowest BCUT2D eigenvalue weighted by molar-refractivity contribution is -0.147. The van der Waals surface area contributed by atoms with E-state index in [-0.39, 0.29) is 30.2 Å². The van der Waals surface area contributed by atoms with E-state index in [1.54, 1.807) is 12.3 Å². The summed E-state index contributed by atoms with van der Waals surface area (Å²) in [4.78, 5) is 39.9. The Morgan fingerprint density at radius 3 is 2.35 bits per heavy atom. The van der Waals surface area contributed by atoms with Crippen molar-refractivity contribution in [3.05, 3.63) is 71.7 Å². The van der Waals surface area contributed by atoms with Gasteiger partial charge in [0.2, 0.25) is 11.8 Å². The van der Waals surface area contributed by atoms with Crippen LogP contribution in [0.4, 0.5) is 0 Å². The Morgan fingerprint density at radius 1 is 1.06 bits per heavy atom. The zero-order valence-corrected chi connectivity index (χ0v) is 17.2. The lowest BCUT2D eigenvalue weighted by Crippen LogP contribution is -2.41. The highest BCUT2D eigenvalue weighted by atomic mass is 16.3. The second-order valence-electron chi connectivity index (χ2n) is 8.30. The summed E-state index contributed by atoms with van der Waals surface area (Å²) >= 11 is 0. The quantitative estimate of drug-likeness (QED) is 0.565. The zero-order valence-electron chi connectivity index (χ0n) is 17.2. The molecular weight excluding hydrogens is 394 g/mol. The number of hydrazone groups is 1. The predicted octanol–water partition coefficient (Wildman–Crippen LogP) is 3.22. The van der Waals surface area contributed by atoms with Crippen LogP contribution in [-0.4, -0.2) is 39.9 Å². The van der Waals surface area contributed by atoms with Crippen LogP contribution >= 0.6 is 0 Å². The SMILES string of the molecule is Cc1ccc(C2=NN(C(=O)CN3C(=O)C4CC=CCC4C3=O)C(c3ccco3)C2)cc1. The Kier molecular flexibility index (Phi) is 4.81. The van der Waals surface area contributed by atoms with E-state index in [0.29, 0.717) is 25.0 Å². The van der Waals surface area contributed by atoms with Gasteiger partial charge in [0.15, 0.2) is 0 Å². The van der Waals surface area contributed by atoms with Crippen LogP contribution in [0.2, 0.25) is 0 Å². The van der Waals surface area contributed by atoms with Crippen LogP contribution in [0.25, 0.3) is 0 Å². The number of likely N-dealkylation sites (tertiary alicyclic amines) is 1. The molecule has 1 saturated heterocycles. The molecule has 31 heavy (non-hydrogen) atoms. The molecule has 1 aromatic carbocycles. The van der Waals surface area contributed by atoms with Gasteiger partial charge in [-0.2, -0.15) is 5.10 Å². The van der Waals surface area contributed by atoms with Crippen molar-refractivity contribution in [2.24, 2.45) is 16.9 Å². The summed E-state index contributed by atoms with van der Waals surface area (Å²) < 4.78 is 5.57. The molecule has 3 heterocycles. The number of nitrogens with zero attached hydrogens (tertiary/aromatic N) is 3. The minimum atomic E-state index is -0.407. The van der Waals surface area contributed by atoms with Gasteiger partial charge in [-0.15, -0.1) is 0 Å². The number of rotatable bonds is 4. The van der Waals surface area contributed by atoms with Crippen molar-refractivity contribution < 1.29 is 18.8 Å². The molecule has 3 unspecified atom stereocenters. The molecule has 2 aromatic rings. The van der Waals surface area contributed by atoms with E-state index >= 15 is 0 Å². The van der Waals surface area contributed by atoms with Crippen LogP contribution in [0.15, 0.2) is 64.3 Å². The maximum Gasteiger partial charge on any atom is 0.263 e. The van der Waals surface area contributed by atoms with Crippen LogP contribution in [0.3, 0.4) is 0 Å². The van der Waals surface area contributed by atoms with Gasteiger partial charge in [0.1, 0.15) is 18.3 Å². The molecule has 158 valence electrons. The molecule has 0 radical (unpaired) electrons. The van der Waals surface area contributed by atoms with Gasteiger partial charge in [-0.25, -0.2) is 5.01 Å². The Bertz CT molecular complexity index is 1060. The molecule has 0 spiro atoms. The molecule has 0 saturated carbocycles. The van der Waals surface area contributed by atoms with Crippen LogP contribution < -0.4 is 0 Å². The highest BCUT2D eigenvalue weighted by Gasteiger charge is 2.48. The fourth-order valence-electron chi connectivity index (χ4n) is 4.60. The van der Waals surface area contributed by atoms with Gasteiger partial charge >= 0.3 is 0 Å². The second-order valence-corrected chi connectivity index (χ2v) is 8.30. The maximum absolute atomic E-state index is 13.3. The molecule has 0 N–H and O–H groups in total. The average Bonchev–Trinajstić information content (AvgIpc) is 3.51. The number of hydrogen-bond acceptors (Lipinski definition) is 5. The van der Waals surface area contributed by atoms with Crippen LogP contribution in [-0.2, 0) is 14.4 Å². The summed E-state index contributed by atoms with van der Waals surface area (Å²) in [7, 11) is 0. The fraction of sp³-hybridized carbons (Fsp3) is 0.333.